The predicted molar refractivity (Wildman–Crippen MR) is 99.6 cm³/mol. The lowest BCUT2D eigenvalue weighted by Gasteiger charge is -2.28. The number of ether oxygens (including phenoxy) is 2. The van der Waals surface area contributed by atoms with Crippen LogP contribution in [0.15, 0.2) is 0 Å². The first-order valence-corrected chi connectivity index (χ1v) is 11.5. The topological polar surface area (TPSA) is 124 Å². The summed E-state index contributed by atoms with van der Waals surface area (Å²) >= 11 is 0. The fourth-order valence-electron chi connectivity index (χ4n) is 1.67. The van der Waals surface area contributed by atoms with Crippen molar-refractivity contribution in [1.29, 1.82) is 0 Å². The van der Waals surface area contributed by atoms with Gasteiger partial charge in [-0.05, 0) is 0 Å². The van der Waals surface area contributed by atoms with E-state index in [4.69, 9.17) is 40.4 Å². The third-order valence-electron chi connectivity index (χ3n) is 3.21. The van der Waals surface area contributed by atoms with E-state index in [0.717, 1.165) is 14.2 Å². The lowest BCUT2D eigenvalue weighted by Crippen LogP contribution is -2.45. The van der Waals surface area contributed by atoms with Gasteiger partial charge < -0.3 is 18.5 Å². The maximum absolute atomic E-state index is 12.6. The Labute approximate surface area is 164 Å². The fraction of sp³-hybridized carbons (Fsp3) is 0.625. The highest BCUT2D eigenvalue weighted by Gasteiger charge is 2.46. The summed E-state index contributed by atoms with van der Waals surface area (Å²) in [5.74, 6) is 1.70. The minimum atomic E-state index is -3.84. The molecule has 10 nitrogen and oxygen atoms in total. The summed E-state index contributed by atoms with van der Waals surface area (Å²) in [7, 11) is -5.49. The summed E-state index contributed by atoms with van der Waals surface area (Å²) < 4.78 is 54.7. The summed E-state index contributed by atoms with van der Waals surface area (Å²) in [6.45, 7) is 1.99. The van der Waals surface area contributed by atoms with Crippen molar-refractivity contribution in [2.24, 2.45) is 0 Å². The molecule has 0 N–H and O–H groups in total. The van der Waals surface area contributed by atoms with Gasteiger partial charge in [0.15, 0.2) is 13.2 Å². The van der Waals surface area contributed by atoms with Crippen molar-refractivity contribution >= 4 is 27.1 Å². The summed E-state index contributed by atoms with van der Waals surface area (Å²) in [6, 6.07) is 0. The first-order chi connectivity index (χ1) is 13.2. The monoisotopic (exact) mass is 438 g/mol. The molecule has 0 saturated heterocycles. The van der Waals surface area contributed by atoms with Crippen molar-refractivity contribution in [2.75, 3.05) is 39.8 Å². The Bertz CT molecular complexity index is 629. The van der Waals surface area contributed by atoms with Crippen LogP contribution in [0.1, 0.15) is 13.8 Å². The van der Waals surface area contributed by atoms with Crippen LogP contribution in [-0.4, -0.2) is 63.9 Å². The third-order valence-corrected chi connectivity index (χ3v) is 6.97. The van der Waals surface area contributed by atoms with Crippen molar-refractivity contribution in [2.45, 2.75) is 26.1 Å². The van der Waals surface area contributed by atoms with E-state index in [-0.39, 0.29) is 12.3 Å². The first-order valence-electron chi connectivity index (χ1n) is 8.02. The van der Waals surface area contributed by atoms with Crippen molar-refractivity contribution < 1.29 is 46.3 Å². The van der Waals surface area contributed by atoms with Crippen LogP contribution in [-0.2, 0) is 46.3 Å². The molecule has 158 valence electrons. The zero-order valence-corrected chi connectivity index (χ0v) is 17.9. The first kappa shape index (κ1) is 26.4. The highest BCUT2D eigenvalue weighted by Crippen LogP contribution is 2.52. The zero-order valence-electron chi connectivity index (χ0n) is 16.1. The van der Waals surface area contributed by atoms with Gasteiger partial charge >= 0.3 is 27.1 Å². The Hall–Kier alpha value is -1.64. The van der Waals surface area contributed by atoms with Crippen molar-refractivity contribution in [3.8, 4) is 24.7 Å². The summed E-state index contributed by atoms with van der Waals surface area (Å²) in [5, 5.41) is 0. The SMILES string of the molecule is C#CCOC(=O)C(OP(=O)(CC)OC)C(OP(=O)(CC)OC)C(=O)OCC#C. The number of terminal acetylenes is 2. The molecule has 0 radical (unpaired) electrons. The zero-order chi connectivity index (χ0) is 21.8. The van der Waals surface area contributed by atoms with Crippen LogP contribution >= 0.6 is 15.2 Å². The van der Waals surface area contributed by atoms with Crippen LogP contribution in [0.2, 0.25) is 0 Å². The van der Waals surface area contributed by atoms with Gasteiger partial charge in [-0.15, -0.1) is 12.8 Å². The third kappa shape index (κ3) is 8.16. The van der Waals surface area contributed by atoms with Crippen LogP contribution < -0.4 is 0 Å². The van der Waals surface area contributed by atoms with Crippen molar-refractivity contribution in [1.82, 2.24) is 0 Å². The van der Waals surface area contributed by atoms with Crippen LogP contribution in [0.5, 0.6) is 0 Å². The van der Waals surface area contributed by atoms with Gasteiger partial charge in [-0.3, -0.25) is 18.2 Å². The Kier molecular flexibility index (Phi) is 12.0. The number of carbonyl (C=O) groups is 2. The molecule has 0 bridgehead atoms. The molecule has 0 amide bonds. The van der Waals surface area contributed by atoms with E-state index in [1.807, 2.05) is 0 Å². The predicted octanol–water partition coefficient (Wildman–Crippen LogP) is 1.83. The smallest absolute Gasteiger partial charge is 0.340 e. The maximum atomic E-state index is 12.6. The molecule has 12 heteroatoms. The van der Waals surface area contributed by atoms with E-state index in [1.54, 1.807) is 0 Å². The standard InChI is InChI=1S/C16H24O10P2/c1-7-11-23-15(17)13(25-27(19,9-3)21-5)14(16(18)24-12-8-2)26-28(20,10-4)22-6/h1-2,13-14H,9-12H2,3-6H3. The number of rotatable bonds is 13. The van der Waals surface area contributed by atoms with E-state index in [2.05, 4.69) is 11.8 Å². The lowest BCUT2D eigenvalue weighted by atomic mass is 10.2. The molecular formula is C16H24O10P2. The minimum Gasteiger partial charge on any atom is -0.450 e. The molecule has 0 aromatic rings. The quantitative estimate of drug-likeness (QED) is 0.239. The van der Waals surface area contributed by atoms with Crippen molar-refractivity contribution in [3.05, 3.63) is 0 Å². The molecule has 28 heavy (non-hydrogen) atoms. The van der Waals surface area contributed by atoms with Gasteiger partial charge in [0.2, 0.25) is 12.2 Å². The molecule has 0 aromatic carbocycles. The second kappa shape index (κ2) is 12.7. The van der Waals surface area contributed by atoms with E-state index in [9.17, 15) is 18.7 Å². The average Bonchev–Trinajstić information content (AvgIpc) is 2.72. The van der Waals surface area contributed by atoms with E-state index < -0.39 is 52.6 Å². The minimum absolute atomic E-state index is 0.149. The highest BCUT2D eigenvalue weighted by molar-refractivity contribution is 7.54. The Morgan fingerprint density at radius 2 is 1.14 bits per heavy atom. The molecule has 0 aliphatic rings. The molecule has 4 unspecified atom stereocenters. The van der Waals surface area contributed by atoms with Crippen LogP contribution in [0.3, 0.4) is 0 Å². The van der Waals surface area contributed by atoms with Gasteiger partial charge in [0, 0.05) is 26.5 Å². The van der Waals surface area contributed by atoms with Crippen molar-refractivity contribution in [3.63, 3.8) is 0 Å². The molecule has 0 aliphatic heterocycles. The number of hydrogen-bond donors (Lipinski definition) is 0. The second-order valence-electron chi connectivity index (χ2n) is 4.90. The normalized spacial score (nSPS) is 17.1. The Balaban J connectivity index is 6.09. The largest absolute Gasteiger partial charge is 0.450 e. The van der Waals surface area contributed by atoms with Gasteiger partial charge in [-0.25, -0.2) is 9.59 Å². The molecule has 0 rings (SSSR count). The van der Waals surface area contributed by atoms with E-state index in [1.165, 1.54) is 13.8 Å². The molecule has 0 fully saturated rings. The molecule has 0 heterocycles. The molecule has 4 atom stereocenters. The van der Waals surface area contributed by atoms with E-state index in [0.29, 0.717) is 0 Å². The second-order valence-corrected chi connectivity index (χ2v) is 9.76. The van der Waals surface area contributed by atoms with Gasteiger partial charge in [-0.2, -0.15) is 0 Å². The van der Waals surface area contributed by atoms with Crippen LogP contribution in [0.4, 0.5) is 0 Å². The fourth-order valence-corrected chi connectivity index (χ4v) is 3.75. The highest BCUT2D eigenvalue weighted by atomic mass is 31.2. The summed E-state index contributed by atoms with van der Waals surface area (Å²) in [4.78, 5) is 24.8. The Morgan fingerprint density at radius 3 is 1.36 bits per heavy atom. The van der Waals surface area contributed by atoms with Crippen LogP contribution in [0, 0.1) is 24.7 Å². The molecular weight excluding hydrogens is 414 g/mol. The maximum Gasteiger partial charge on any atom is 0.340 e. The summed E-state index contributed by atoms with van der Waals surface area (Å²) in [5.41, 5.74) is 0. The summed E-state index contributed by atoms with van der Waals surface area (Å²) in [6.07, 6.45) is 5.85. The van der Waals surface area contributed by atoms with Gasteiger partial charge in [-0.1, -0.05) is 25.7 Å². The number of esters is 2. The van der Waals surface area contributed by atoms with Crippen LogP contribution in [0.25, 0.3) is 0 Å². The van der Waals surface area contributed by atoms with E-state index >= 15 is 0 Å². The van der Waals surface area contributed by atoms with Gasteiger partial charge in [0.25, 0.3) is 0 Å². The van der Waals surface area contributed by atoms with Gasteiger partial charge in [0.1, 0.15) is 0 Å². The molecule has 0 aliphatic carbocycles. The molecule has 0 aromatic heterocycles. The number of carbonyl (C=O) groups excluding carboxylic acids is 2. The average molecular weight is 438 g/mol. The molecule has 0 spiro atoms. The van der Waals surface area contributed by atoms with Gasteiger partial charge in [0.05, 0.1) is 0 Å². The molecule has 0 saturated carbocycles. The lowest BCUT2D eigenvalue weighted by molar-refractivity contribution is -0.168. The number of hydrogen-bond acceptors (Lipinski definition) is 10. The Morgan fingerprint density at radius 1 is 0.821 bits per heavy atom.